The lowest BCUT2D eigenvalue weighted by Gasteiger charge is -2.12. The number of rotatable bonds is 4. The molecule has 1 N–H and O–H groups in total. The van der Waals surface area contributed by atoms with Crippen LogP contribution in [0.1, 0.15) is 12.5 Å². The Hall–Kier alpha value is -2.18. The number of aliphatic imine (C=N–C) groups is 1. The fraction of sp³-hybridized carbons (Fsp3) is 0.118. The smallest absolute Gasteiger partial charge is 0.404 e. The molecule has 0 radical (unpaired) electrons. The predicted molar refractivity (Wildman–Crippen MR) is 96.1 cm³/mol. The molecule has 0 amide bonds. The van der Waals surface area contributed by atoms with Crippen LogP contribution in [0.25, 0.3) is 6.08 Å². The van der Waals surface area contributed by atoms with Gasteiger partial charge in [0.1, 0.15) is 11.6 Å². The Balaban J connectivity index is 2.22. The second-order valence-corrected chi connectivity index (χ2v) is 5.71. The van der Waals surface area contributed by atoms with Gasteiger partial charge in [-0.15, -0.1) is 13.2 Å². The standard InChI is InChI=1S/C17H13Cl2F3N2O/c1-3-11-5-4-6-13(18)16(11)24-10(2)23-12-7-8-15(14(19)9-12)25-17(20,21)22/h3-9H,1H2,2H3,(H,23,24). The molecule has 2 rings (SSSR count). The Morgan fingerprint density at radius 3 is 2.52 bits per heavy atom. The van der Waals surface area contributed by atoms with Gasteiger partial charge in [0.25, 0.3) is 0 Å². The highest BCUT2D eigenvalue weighted by atomic mass is 35.5. The molecule has 0 aliphatic heterocycles. The first kappa shape index (κ1) is 19.1. The van der Waals surface area contributed by atoms with Gasteiger partial charge in [0.15, 0.2) is 0 Å². The van der Waals surface area contributed by atoms with Crippen molar-refractivity contribution >= 4 is 46.5 Å². The SMILES string of the molecule is C=Cc1cccc(Cl)c1N=C(C)Nc1ccc(OC(F)(F)F)c(Cl)c1. The topological polar surface area (TPSA) is 33.6 Å². The first-order valence-electron chi connectivity index (χ1n) is 6.98. The Morgan fingerprint density at radius 1 is 1.20 bits per heavy atom. The Kier molecular flexibility index (Phi) is 5.98. The Bertz CT molecular complexity index is 820. The molecule has 0 fully saturated rings. The molecule has 0 unspecified atom stereocenters. The molecule has 0 aliphatic carbocycles. The fourth-order valence-electron chi connectivity index (χ4n) is 2.01. The van der Waals surface area contributed by atoms with Crippen LogP contribution in [0, 0.1) is 0 Å². The highest BCUT2D eigenvalue weighted by molar-refractivity contribution is 6.33. The molecule has 0 atom stereocenters. The third-order valence-corrected chi connectivity index (χ3v) is 3.60. The first-order chi connectivity index (χ1) is 11.7. The van der Waals surface area contributed by atoms with E-state index in [9.17, 15) is 13.2 Å². The maximum atomic E-state index is 12.2. The van der Waals surface area contributed by atoms with Crippen molar-refractivity contribution < 1.29 is 17.9 Å². The molecular weight excluding hydrogens is 376 g/mol. The third kappa shape index (κ3) is 5.41. The highest BCUT2D eigenvalue weighted by Crippen LogP contribution is 2.33. The number of para-hydroxylation sites is 1. The van der Waals surface area contributed by atoms with Crippen molar-refractivity contribution in [2.24, 2.45) is 4.99 Å². The van der Waals surface area contributed by atoms with Crippen molar-refractivity contribution in [2.45, 2.75) is 13.3 Å². The van der Waals surface area contributed by atoms with Crippen LogP contribution in [0.3, 0.4) is 0 Å². The van der Waals surface area contributed by atoms with Crippen LogP contribution in [0.5, 0.6) is 5.75 Å². The van der Waals surface area contributed by atoms with Crippen LogP contribution < -0.4 is 10.1 Å². The van der Waals surface area contributed by atoms with Gasteiger partial charge in [0.05, 0.1) is 15.7 Å². The normalized spacial score (nSPS) is 12.0. The minimum absolute atomic E-state index is 0.181. The minimum atomic E-state index is -4.80. The second kappa shape index (κ2) is 7.80. The highest BCUT2D eigenvalue weighted by Gasteiger charge is 2.32. The van der Waals surface area contributed by atoms with Crippen molar-refractivity contribution in [3.8, 4) is 5.75 Å². The van der Waals surface area contributed by atoms with E-state index < -0.39 is 12.1 Å². The van der Waals surface area contributed by atoms with E-state index in [0.717, 1.165) is 11.6 Å². The summed E-state index contributed by atoms with van der Waals surface area (Å²) in [6.45, 7) is 5.39. The second-order valence-electron chi connectivity index (χ2n) is 4.90. The largest absolute Gasteiger partial charge is 0.573 e. The van der Waals surface area contributed by atoms with Crippen LogP contribution >= 0.6 is 23.2 Å². The summed E-state index contributed by atoms with van der Waals surface area (Å²) in [6, 6.07) is 9.11. The first-order valence-corrected chi connectivity index (χ1v) is 7.74. The lowest BCUT2D eigenvalue weighted by atomic mass is 10.2. The number of alkyl halides is 3. The summed E-state index contributed by atoms with van der Waals surface area (Å²) >= 11 is 11.9. The minimum Gasteiger partial charge on any atom is -0.404 e. The number of amidine groups is 1. The molecule has 0 aliphatic rings. The summed E-state index contributed by atoms with van der Waals surface area (Å²) in [5.74, 6) is -0.00823. The van der Waals surface area contributed by atoms with Gasteiger partial charge < -0.3 is 10.1 Å². The van der Waals surface area contributed by atoms with Crippen molar-refractivity contribution in [2.75, 3.05) is 5.32 Å². The summed E-state index contributed by atoms with van der Waals surface area (Å²) in [5.41, 5.74) is 1.74. The number of nitrogens with zero attached hydrogens (tertiary/aromatic N) is 1. The molecule has 0 heterocycles. The van der Waals surface area contributed by atoms with Crippen LogP contribution in [-0.2, 0) is 0 Å². The van der Waals surface area contributed by atoms with Gasteiger partial charge in [0, 0.05) is 11.3 Å². The quantitative estimate of drug-likeness (QED) is 0.467. The van der Waals surface area contributed by atoms with Gasteiger partial charge in [-0.05, 0) is 31.2 Å². The summed E-state index contributed by atoms with van der Waals surface area (Å²) in [7, 11) is 0. The number of hydrogen-bond donors (Lipinski definition) is 1. The molecule has 0 bridgehead atoms. The Labute approximate surface area is 152 Å². The van der Waals surface area contributed by atoms with Crippen molar-refractivity contribution in [1.82, 2.24) is 0 Å². The molecular formula is C17H13Cl2F3N2O. The van der Waals surface area contributed by atoms with Gasteiger partial charge in [-0.1, -0.05) is 48.0 Å². The maximum Gasteiger partial charge on any atom is 0.573 e. The number of nitrogens with one attached hydrogen (secondary N) is 1. The number of halogens is 5. The molecule has 2 aromatic rings. The number of hydrogen-bond acceptors (Lipinski definition) is 2. The van der Waals surface area contributed by atoms with Crippen LogP contribution in [-0.4, -0.2) is 12.2 Å². The molecule has 132 valence electrons. The van der Waals surface area contributed by atoms with Crippen molar-refractivity contribution in [3.63, 3.8) is 0 Å². The molecule has 0 saturated carbocycles. The summed E-state index contributed by atoms with van der Waals surface area (Å²) in [6.07, 6.45) is -3.18. The van der Waals surface area contributed by atoms with E-state index in [0.29, 0.717) is 22.2 Å². The molecule has 25 heavy (non-hydrogen) atoms. The maximum absolute atomic E-state index is 12.2. The summed E-state index contributed by atoms with van der Waals surface area (Å²) < 4.78 is 40.6. The number of benzene rings is 2. The molecule has 0 saturated heterocycles. The molecule has 2 aromatic carbocycles. The third-order valence-electron chi connectivity index (χ3n) is 3.00. The van der Waals surface area contributed by atoms with Gasteiger partial charge >= 0.3 is 6.36 Å². The lowest BCUT2D eigenvalue weighted by Crippen LogP contribution is -2.17. The van der Waals surface area contributed by atoms with E-state index in [1.807, 2.05) is 6.07 Å². The van der Waals surface area contributed by atoms with E-state index in [4.69, 9.17) is 23.2 Å². The van der Waals surface area contributed by atoms with E-state index in [2.05, 4.69) is 21.6 Å². The molecule has 0 spiro atoms. The van der Waals surface area contributed by atoms with Gasteiger partial charge in [-0.2, -0.15) is 0 Å². The van der Waals surface area contributed by atoms with E-state index in [1.54, 1.807) is 25.1 Å². The molecule has 8 heteroatoms. The molecule has 3 nitrogen and oxygen atoms in total. The zero-order chi connectivity index (χ0) is 18.6. The average Bonchev–Trinajstić information content (AvgIpc) is 2.51. The number of ether oxygens (including phenoxy) is 1. The lowest BCUT2D eigenvalue weighted by molar-refractivity contribution is -0.274. The van der Waals surface area contributed by atoms with E-state index in [-0.39, 0.29) is 5.02 Å². The van der Waals surface area contributed by atoms with Crippen molar-refractivity contribution in [1.29, 1.82) is 0 Å². The van der Waals surface area contributed by atoms with E-state index >= 15 is 0 Å². The fourth-order valence-corrected chi connectivity index (χ4v) is 2.45. The summed E-state index contributed by atoms with van der Waals surface area (Å²) in [5, 5.41) is 3.20. The van der Waals surface area contributed by atoms with Crippen LogP contribution in [0.2, 0.25) is 10.0 Å². The predicted octanol–water partition coefficient (Wildman–Crippen LogP) is 6.70. The zero-order valence-corrected chi connectivity index (χ0v) is 14.5. The van der Waals surface area contributed by atoms with Crippen molar-refractivity contribution in [3.05, 3.63) is 58.6 Å². The molecule has 0 aromatic heterocycles. The van der Waals surface area contributed by atoms with Crippen LogP contribution in [0.4, 0.5) is 24.5 Å². The van der Waals surface area contributed by atoms with Gasteiger partial charge in [0.2, 0.25) is 0 Å². The van der Waals surface area contributed by atoms with Gasteiger partial charge in [-0.25, -0.2) is 4.99 Å². The van der Waals surface area contributed by atoms with E-state index in [1.165, 1.54) is 12.1 Å². The van der Waals surface area contributed by atoms with Gasteiger partial charge in [-0.3, -0.25) is 0 Å². The zero-order valence-electron chi connectivity index (χ0n) is 13.0. The number of anilines is 1. The average molecular weight is 389 g/mol. The summed E-state index contributed by atoms with van der Waals surface area (Å²) in [4.78, 5) is 4.38. The monoisotopic (exact) mass is 388 g/mol. The Morgan fingerprint density at radius 2 is 1.92 bits per heavy atom. The van der Waals surface area contributed by atoms with Crippen LogP contribution in [0.15, 0.2) is 48.0 Å².